The number of aliphatic hydroxyl groups is 1. The third-order valence-corrected chi connectivity index (χ3v) is 6.47. The molecule has 0 spiro atoms. The second kappa shape index (κ2) is 7.02. The van der Waals surface area contributed by atoms with Crippen LogP contribution in [0, 0.1) is 12.8 Å². The first kappa shape index (κ1) is 19.9. The van der Waals surface area contributed by atoms with Crippen molar-refractivity contribution in [1.82, 2.24) is 15.1 Å². The number of amides is 1. The molecule has 0 radical (unpaired) electrons. The highest BCUT2D eigenvalue weighted by atomic mass is 16.4. The lowest BCUT2D eigenvalue weighted by Gasteiger charge is -2.39. The number of aryl methyl sites for hydroxylation is 1. The van der Waals surface area contributed by atoms with E-state index in [1.165, 1.54) is 0 Å². The minimum atomic E-state index is -0.947. The molecule has 2 atom stereocenters. The van der Waals surface area contributed by atoms with Crippen molar-refractivity contribution in [2.75, 3.05) is 0 Å². The molecule has 3 aromatic rings. The van der Waals surface area contributed by atoms with Crippen LogP contribution < -0.4 is 0 Å². The van der Waals surface area contributed by atoms with Gasteiger partial charge >= 0.3 is 0 Å². The van der Waals surface area contributed by atoms with E-state index in [9.17, 15) is 9.90 Å². The van der Waals surface area contributed by atoms with Gasteiger partial charge in [0.15, 0.2) is 0 Å². The van der Waals surface area contributed by atoms with Gasteiger partial charge < -0.3 is 14.4 Å². The van der Waals surface area contributed by atoms with Gasteiger partial charge in [0, 0.05) is 12.5 Å². The van der Waals surface area contributed by atoms with E-state index in [0.717, 1.165) is 40.7 Å². The standard InChI is InChI=1S/C25H27N3O3/c1-14-19-6-5-7-20(16-8-12-18(13-9-16)23-27-26-15(2)31-23)21(19)24(29)28(14)22(17-10-11-17)25(3,4)30/h5-9,12-14,17,22,30H,10-11H2,1-4H3/t14?,22-/m1/s1. The lowest BCUT2D eigenvalue weighted by molar-refractivity contribution is -0.0305. The number of hydrogen-bond donors (Lipinski definition) is 1. The number of fused-ring (bicyclic) bond motifs is 1. The topological polar surface area (TPSA) is 79.5 Å². The van der Waals surface area contributed by atoms with Gasteiger partial charge in [0.05, 0.1) is 23.2 Å². The highest BCUT2D eigenvalue weighted by molar-refractivity contribution is 6.05. The van der Waals surface area contributed by atoms with E-state index in [-0.39, 0.29) is 18.0 Å². The molecular weight excluding hydrogens is 390 g/mol. The average Bonchev–Trinajstić information content (AvgIpc) is 3.42. The first-order valence-corrected chi connectivity index (χ1v) is 10.8. The molecule has 0 saturated heterocycles. The molecule has 1 amide bonds. The second-order valence-corrected chi connectivity index (χ2v) is 9.30. The summed E-state index contributed by atoms with van der Waals surface area (Å²) in [6.45, 7) is 7.46. The fourth-order valence-electron chi connectivity index (χ4n) is 4.98. The maximum Gasteiger partial charge on any atom is 0.255 e. The number of carbonyl (C=O) groups is 1. The first-order valence-electron chi connectivity index (χ1n) is 10.8. The molecule has 5 rings (SSSR count). The normalized spacial score (nSPS) is 19.6. The predicted octanol–water partition coefficient (Wildman–Crippen LogP) is 4.78. The van der Waals surface area contributed by atoms with E-state index < -0.39 is 5.60 Å². The SMILES string of the molecule is Cc1nnc(-c2ccc(-c3cccc4c3C(=O)N([C@H](C3CC3)C(C)(C)O)C4C)cc2)o1. The average molecular weight is 418 g/mol. The molecule has 1 N–H and O–H groups in total. The Morgan fingerprint density at radius 3 is 2.35 bits per heavy atom. The van der Waals surface area contributed by atoms with Crippen LogP contribution in [0.3, 0.4) is 0 Å². The maximum atomic E-state index is 13.7. The van der Waals surface area contributed by atoms with Gasteiger partial charge in [-0.15, -0.1) is 10.2 Å². The van der Waals surface area contributed by atoms with Gasteiger partial charge in [-0.05, 0) is 68.4 Å². The quantitative estimate of drug-likeness (QED) is 0.646. The monoisotopic (exact) mass is 417 g/mol. The van der Waals surface area contributed by atoms with Gasteiger partial charge in [-0.2, -0.15) is 0 Å². The van der Waals surface area contributed by atoms with Crippen LogP contribution in [0.4, 0.5) is 0 Å². The van der Waals surface area contributed by atoms with Gasteiger partial charge in [-0.3, -0.25) is 4.79 Å². The molecule has 31 heavy (non-hydrogen) atoms. The van der Waals surface area contributed by atoms with Gasteiger partial charge in [0.25, 0.3) is 5.91 Å². The van der Waals surface area contributed by atoms with Gasteiger partial charge in [-0.25, -0.2) is 0 Å². The highest BCUT2D eigenvalue weighted by Gasteiger charge is 2.50. The first-order chi connectivity index (χ1) is 14.8. The highest BCUT2D eigenvalue weighted by Crippen LogP contribution is 2.48. The molecule has 1 fully saturated rings. The lowest BCUT2D eigenvalue weighted by atomic mass is 9.92. The number of aromatic nitrogens is 2. The van der Waals surface area contributed by atoms with Crippen LogP contribution >= 0.6 is 0 Å². The number of hydrogen-bond acceptors (Lipinski definition) is 5. The number of carbonyl (C=O) groups excluding carboxylic acids is 1. The molecule has 6 heteroatoms. The molecule has 160 valence electrons. The molecule has 2 aromatic carbocycles. The zero-order valence-electron chi connectivity index (χ0n) is 18.3. The molecule has 1 saturated carbocycles. The molecule has 6 nitrogen and oxygen atoms in total. The van der Waals surface area contributed by atoms with Crippen LogP contribution in [0.5, 0.6) is 0 Å². The fourth-order valence-corrected chi connectivity index (χ4v) is 4.98. The fraction of sp³-hybridized carbons (Fsp3) is 0.400. The maximum absolute atomic E-state index is 13.7. The summed E-state index contributed by atoms with van der Waals surface area (Å²) in [4.78, 5) is 15.6. The molecule has 2 heterocycles. The number of rotatable bonds is 5. The molecule has 1 aliphatic heterocycles. The van der Waals surface area contributed by atoms with Crippen LogP contribution in [0.1, 0.15) is 61.5 Å². The summed E-state index contributed by atoms with van der Waals surface area (Å²) in [5.74, 6) is 1.38. The Morgan fingerprint density at radius 2 is 1.77 bits per heavy atom. The Morgan fingerprint density at radius 1 is 1.10 bits per heavy atom. The van der Waals surface area contributed by atoms with Crippen molar-refractivity contribution in [2.45, 2.75) is 58.2 Å². The van der Waals surface area contributed by atoms with E-state index in [1.807, 2.05) is 61.2 Å². The van der Waals surface area contributed by atoms with Crippen LogP contribution in [-0.2, 0) is 0 Å². The van der Waals surface area contributed by atoms with Crippen molar-refractivity contribution in [2.24, 2.45) is 5.92 Å². The Labute approximate surface area is 181 Å². The van der Waals surface area contributed by atoms with E-state index in [0.29, 0.717) is 17.7 Å². The van der Waals surface area contributed by atoms with Crippen molar-refractivity contribution in [3.63, 3.8) is 0 Å². The van der Waals surface area contributed by atoms with Crippen molar-refractivity contribution in [3.05, 3.63) is 59.5 Å². The minimum Gasteiger partial charge on any atom is -0.421 e. The summed E-state index contributed by atoms with van der Waals surface area (Å²) in [6.07, 6.45) is 2.12. The Bertz CT molecular complexity index is 1140. The minimum absolute atomic E-state index is 0.00808. The molecule has 1 aliphatic carbocycles. The summed E-state index contributed by atoms with van der Waals surface area (Å²) < 4.78 is 5.51. The summed E-state index contributed by atoms with van der Waals surface area (Å²) in [7, 11) is 0. The van der Waals surface area contributed by atoms with Gasteiger partial charge in [0.2, 0.25) is 11.8 Å². The Balaban J connectivity index is 1.53. The third-order valence-electron chi connectivity index (χ3n) is 6.47. The van der Waals surface area contributed by atoms with Crippen LogP contribution in [0.2, 0.25) is 0 Å². The Hall–Kier alpha value is -2.99. The summed E-state index contributed by atoms with van der Waals surface area (Å²) in [5, 5.41) is 18.8. The van der Waals surface area contributed by atoms with Crippen LogP contribution in [0.15, 0.2) is 46.9 Å². The van der Waals surface area contributed by atoms with E-state index >= 15 is 0 Å². The summed E-state index contributed by atoms with van der Waals surface area (Å²) >= 11 is 0. The summed E-state index contributed by atoms with van der Waals surface area (Å²) in [5.41, 5.74) is 3.53. The zero-order valence-corrected chi connectivity index (χ0v) is 18.3. The van der Waals surface area contributed by atoms with Crippen molar-refractivity contribution >= 4 is 5.91 Å². The Kier molecular flexibility index (Phi) is 4.52. The van der Waals surface area contributed by atoms with E-state index in [2.05, 4.69) is 17.1 Å². The lowest BCUT2D eigenvalue weighted by Crippen LogP contribution is -2.52. The summed E-state index contributed by atoms with van der Waals surface area (Å²) in [6, 6.07) is 13.6. The van der Waals surface area contributed by atoms with E-state index in [4.69, 9.17) is 4.42 Å². The van der Waals surface area contributed by atoms with Crippen molar-refractivity contribution in [3.8, 4) is 22.6 Å². The molecular formula is C25H27N3O3. The van der Waals surface area contributed by atoms with Gasteiger partial charge in [-0.1, -0.05) is 30.3 Å². The second-order valence-electron chi connectivity index (χ2n) is 9.30. The molecule has 1 unspecified atom stereocenters. The van der Waals surface area contributed by atoms with Crippen LogP contribution in [-0.4, -0.2) is 37.8 Å². The number of benzene rings is 2. The third kappa shape index (κ3) is 3.35. The van der Waals surface area contributed by atoms with Crippen LogP contribution in [0.25, 0.3) is 22.6 Å². The number of nitrogens with zero attached hydrogens (tertiary/aromatic N) is 3. The largest absolute Gasteiger partial charge is 0.421 e. The molecule has 0 bridgehead atoms. The zero-order chi connectivity index (χ0) is 21.9. The van der Waals surface area contributed by atoms with Crippen molar-refractivity contribution in [1.29, 1.82) is 0 Å². The smallest absolute Gasteiger partial charge is 0.255 e. The molecule has 1 aromatic heterocycles. The van der Waals surface area contributed by atoms with E-state index in [1.54, 1.807) is 6.92 Å². The molecule has 2 aliphatic rings. The van der Waals surface area contributed by atoms with Crippen molar-refractivity contribution < 1.29 is 14.3 Å². The predicted molar refractivity (Wildman–Crippen MR) is 117 cm³/mol. The van der Waals surface area contributed by atoms with Gasteiger partial charge in [0.1, 0.15) is 0 Å².